The van der Waals surface area contributed by atoms with Gasteiger partial charge in [0.1, 0.15) is 11.4 Å². The summed E-state index contributed by atoms with van der Waals surface area (Å²) in [6.07, 6.45) is 3.05. The number of nitrogens with zero attached hydrogens (tertiary/aromatic N) is 2. The zero-order valence-electron chi connectivity index (χ0n) is 16.7. The molecule has 0 unspecified atom stereocenters. The van der Waals surface area contributed by atoms with Gasteiger partial charge in [-0.3, -0.25) is 4.79 Å². The summed E-state index contributed by atoms with van der Waals surface area (Å²) in [5.74, 6) is 1.18. The minimum absolute atomic E-state index is 0.150. The summed E-state index contributed by atoms with van der Waals surface area (Å²) in [7, 11) is 1.63. The first kappa shape index (κ1) is 21.2. The third kappa shape index (κ3) is 6.54. The van der Waals surface area contributed by atoms with Gasteiger partial charge in [0.2, 0.25) is 0 Å². The highest BCUT2D eigenvalue weighted by atomic mass is 35.5. The summed E-state index contributed by atoms with van der Waals surface area (Å²) in [5.41, 5.74) is 2.03. The molecule has 2 rings (SSSR count). The molecule has 1 aromatic carbocycles. The molecule has 0 amide bonds. The van der Waals surface area contributed by atoms with Gasteiger partial charge >= 0.3 is 5.97 Å². The number of halogens is 1. The van der Waals surface area contributed by atoms with Gasteiger partial charge < -0.3 is 14.8 Å². The Hall–Kier alpha value is -2.08. The van der Waals surface area contributed by atoms with Gasteiger partial charge in [0.05, 0.1) is 18.1 Å². The normalized spacial score (nSPS) is 11.5. The van der Waals surface area contributed by atoms with Crippen molar-refractivity contribution in [2.45, 2.75) is 59.0 Å². The Kier molecular flexibility index (Phi) is 7.25. The Morgan fingerprint density at radius 1 is 1.15 bits per heavy atom. The minimum atomic E-state index is -0.425. The average Bonchev–Trinajstić information content (AvgIpc) is 2.56. The van der Waals surface area contributed by atoms with Crippen molar-refractivity contribution >= 4 is 34.4 Å². The lowest BCUT2D eigenvalue weighted by atomic mass is 10.1. The van der Waals surface area contributed by atoms with E-state index in [1.165, 1.54) is 0 Å². The molecule has 0 fully saturated rings. The van der Waals surface area contributed by atoms with Gasteiger partial charge in [0, 0.05) is 19.0 Å². The van der Waals surface area contributed by atoms with Crippen molar-refractivity contribution in [3.63, 3.8) is 0 Å². The number of unbranched alkanes of at least 4 members (excludes halogenated alkanes) is 2. The lowest BCUT2D eigenvalue weighted by Gasteiger charge is -2.19. The van der Waals surface area contributed by atoms with Crippen LogP contribution in [0.4, 0.5) is 5.82 Å². The lowest BCUT2D eigenvalue weighted by Crippen LogP contribution is -2.23. The molecule has 6 nitrogen and oxygen atoms in total. The quantitative estimate of drug-likeness (QED) is 0.507. The Balaban J connectivity index is 1.84. The van der Waals surface area contributed by atoms with Crippen molar-refractivity contribution in [1.82, 2.24) is 9.97 Å². The van der Waals surface area contributed by atoms with Gasteiger partial charge in [-0.25, -0.2) is 9.97 Å². The Morgan fingerprint density at radius 2 is 1.85 bits per heavy atom. The zero-order valence-corrected chi connectivity index (χ0v) is 17.4. The number of aryl methyl sites for hydroxylation is 1. The number of carbonyl (C=O) groups excluding carboxylic acids is 1. The largest absolute Gasteiger partial charge is 0.496 e. The van der Waals surface area contributed by atoms with Crippen molar-refractivity contribution in [3.05, 3.63) is 22.8 Å². The summed E-state index contributed by atoms with van der Waals surface area (Å²) >= 11 is 6.24. The highest BCUT2D eigenvalue weighted by Gasteiger charge is 2.15. The fourth-order valence-electron chi connectivity index (χ4n) is 2.67. The number of esters is 1. The Morgan fingerprint density at radius 3 is 2.52 bits per heavy atom. The van der Waals surface area contributed by atoms with Crippen LogP contribution in [0.25, 0.3) is 11.0 Å². The number of hydrogen-bond donors (Lipinski definition) is 1. The summed E-state index contributed by atoms with van der Waals surface area (Å²) in [4.78, 5) is 20.6. The lowest BCUT2D eigenvalue weighted by molar-refractivity contribution is -0.154. The number of nitrogens with one attached hydrogen (secondary N) is 1. The van der Waals surface area contributed by atoms with Crippen molar-refractivity contribution in [3.8, 4) is 5.75 Å². The number of fused-ring (bicyclic) bond motifs is 1. The summed E-state index contributed by atoms with van der Waals surface area (Å²) in [6.45, 7) is 8.29. The van der Waals surface area contributed by atoms with Gasteiger partial charge in [-0.1, -0.05) is 18.0 Å². The first-order valence-electron chi connectivity index (χ1n) is 9.17. The molecule has 2 aromatic rings. The number of aromatic nitrogens is 2. The summed E-state index contributed by atoms with van der Waals surface area (Å²) < 4.78 is 10.6. The molecule has 27 heavy (non-hydrogen) atoms. The number of ether oxygens (including phenoxy) is 2. The molecule has 7 heteroatoms. The monoisotopic (exact) mass is 393 g/mol. The third-order valence-corrected chi connectivity index (χ3v) is 4.17. The standard InChI is InChI=1S/C20H28ClN3O3/c1-13-11-14-15(12-16(13)26-5)24-19(18(21)23-14)22-10-8-6-7-9-17(25)27-20(2,3)4/h11-12H,6-10H2,1-5H3,(H,22,24). The average molecular weight is 394 g/mol. The Labute approximate surface area is 165 Å². The topological polar surface area (TPSA) is 73.3 Å². The van der Waals surface area contributed by atoms with E-state index in [9.17, 15) is 4.79 Å². The molecule has 0 spiro atoms. The van der Waals surface area contributed by atoms with Crippen LogP contribution in [0.15, 0.2) is 12.1 Å². The van der Waals surface area contributed by atoms with E-state index in [0.29, 0.717) is 23.9 Å². The Bertz CT molecular complexity index is 803. The fraction of sp³-hybridized carbons (Fsp3) is 0.550. The number of hydrogen-bond acceptors (Lipinski definition) is 6. The van der Waals surface area contributed by atoms with Crippen LogP contribution in [0.5, 0.6) is 5.75 Å². The molecule has 1 aromatic heterocycles. The van der Waals surface area contributed by atoms with Crippen molar-refractivity contribution < 1.29 is 14.3 Å². The number of anilines is 1. The maximum atomic E-state index is 11.7. The number of benzene rings is 1. The summed E-state index contributed by atoms with van der Waals surface area (Å²) in [6, 6.07) is 3.77. The molecular formula is C20H28ClN3O3. The van der Waals surface area contributed by atoms with Gasteiger partial charge in [-0.2, -0.15) is 0 Å². The minimum Gasteiger partial charge on any atom is -0.496 e. The van der Waals surface area contributed by atoms with Gasteiger partial charge in [-0.05, 0) is 52.2 Å². The van der Waals surface area contributed by atoms with Crippen LogP contribution in [0.2, 0.25) is 5.15 Å². The van der Waals surface area contributed by atoms with Crippen LogP contribution in [-0.4, -0.2) is 35.2 Å². The second kappa shape index (κ2) is 9.22. The van der Waals surface area contributed by atoms with Crippen LogP contribution in [0.3, 0.4) is 0 Å². The molecule has 0 saturated carbocycles. The predicted molar refractivity (Wildman–Crippen MR) is 109 cm³/mol. The molecule has 0 saturated heterocycles. The predicted octanol–water partition coefficient (Wildman–Crippen LogP) is 4.91. The van der Waals surface area contributed by atoms with Gasteiger partial charge in [-0.15, -0.1) is 0 Å². The SMILES string of the molecule is COc1cc2nc(NCCCCCC(=O)OC(C)(C)C)c(Cl)nc2cc1C. The van der Waals surface area contributed by atoms with Crippen LogP contribution in [0.1, 0.15) is 52.0 Å². The third-order valence-electron chi connectivity index (χ3n) is 3.91. The van der Waals surface area contributed by atoms with Crippen LogP contribution in [-0.2, 0) is 9.53 Å². The highest BCUT2D eigenvalue weighted by molar-refractivity contribution is 6.32. The van der Waals surface area contributed by atoms with E-state index < -0.39 is 5.60 Å². The molecule has 0 aliphatic carbocycles. The van der Waals surface area contributed by atoms with E-state index in [-0.39, 0.29) is 5.97 Å². The van der Waals surface area contributed by atoms with E-state index in [4.69, 9.17) is 21.1 Å². The zero-order chi connectivity index (χ0) is 20.0. The first-order valence-corrected chi connectivity index (χ1v) is 9.55. The molecule has 0 bridgehead atoms. The van der Waals surface area contributed by atoms with Crippen LogP contribution < -0.4 is 10.1 Å². The van der Waals surface area contributed by atoms with Crippen molar-refractivity contribution in [2.75, 3.05) is 19.0 Å². The molecule has 0 radical (unpaired) electrons. The second-order valence-corrected chi connectivity index (χ2v) is 7.86. The second-order valence-electron chi connectivity index (χ2n) is 7.50. The van der Waals surface area contributed by atoms with Crippen molar-refractivity contribution in [2.24, 2.45) is 0 Å². The molecule has 0 aliphatic rings. The first-order chi connectivity index (χ1) is 12.7. The van der Waals surface area contributed by atoms with Crippen LogP contribution in [0, 0.1) is 6.92 Å². The van der Waals surface area contributed by atoms with E-state index in [1.54, 1.807) is 7.11 Å². The van der Waals surface area contributed by atoms with E-state index in [0.717, 1.165) is 41.6 Å². The van der Waals surface area contributed by atoms with E-state index in [2.05, 4.69) is 15.3 Å². The molecular weight excluding hydrogens is 366 g/mol. The maximum absolute atomic E-state index is 11.7. The molecule has 1 N–H and O–H groups in total. The number of methoxy groups -OCH3 is 1. The van der Waals surface area contributed by atoms with Crippen molar-refractivity contribution in [1.29, 1.82) is 0 Å². The molecule has 0 atom stereocenters. The molecule has 1 heterocycles. The number of rotatable bonds is 8. The van der Waals surface area contributed by atoms with Crippen LogP contribution >= 0.6 is 11.6 Å². The molecule has 0 aliphatic heterocycles. The van der Waals surface area contributed by atoms with Gasteiger partial charge in [0.15, 0.2) is 11.0 Å². The maximum Gasteiger partial charge on any atom is 0.306 e. The van der Waals surface area contributed by atoms with E-state index >= 15 is 0 Å². The van der Waals surface area contributed by atoms with E-state index in [1.807, 2.05) is 39.8 Å². The molecule has 148 valence electrons. The number of carbonyl (C=O) groups is 1. The fourth-order valence-corrected chi connectivity index (χ4v) is 2.87. The van der Waals surface area contributed by atoms with Gasteiger partial charge in [0.25, 0.3) is 0 Å². The summed E-state index contributed by atoms with van der Waals surface area (Å²) in [5, 5.41) is 3.57. The highest BCUT2D eigenvalue weighted by Crippen LogP contribution is 2.27. The smallest absolute Gasteiger partial charge is 0.306 e.